The minimum Gasteiger partial charge on any atom is -0.356 e. The Morgan fingerprint density at radius 2 is 1.83 bits per heavy atom. The van der Waals surface area contributed by atoms with Crippen molar-refractivity contribution in [1.29, 1.82) is 0 Å². The molecule has 1 aromatic carbocycles. The van der Waals surface area contributed by atoms with E-state index in [1.54, 1.807) is 7.05 Å². The summed E-state index contributed by atoms with van der Waals surface area (Å²) in [7, 11) is 3.99. The number of guanidine groups is 1. The zero-order valence-electron chi connectivity index (χ0n) is 14.3. The highest BCUT2D eigenvalue weighted by atomic mass is 19.1. The number of hydrogen-bond acceptors (Lipinski definition) is 2. The van der Waals surface area contributed by atoms with Gasteiger partial charge in [0.05, 0.1) is 0 Å². The van der Waals surface area contributed by atoms with Gasteiger partial charge in [-0.15, -0.1) is 0 Å². The van der Waals surface area contributed by atoms with Gasteiger partial charge in [-0.05, 0) is 69.4 Å². The third-order valence-electron chi connectivity index (χ3n) is 4.53. The molecule has 1 fully saturated rings. The van der Waals surface area contributed by atoms with Crippen LogP contribution in [0.3, 0.4) is 0 Å². The van der Waals surface area contributed by atoms with Crippen molar-refractivity contribution >= 4 is 5.96 Å². The van der Waals surface area contributed by atoms with Gasteiger partial charge in [-0.25, -0.2) is 4.39 Å². The summed E-state index contributed by atoms with van der Waals surface area (Å²) in [5.41, 5.74) is 1.13. The van der Waals surface area contributed by atoms with Crippen molar-refractivity contribution in [2.45, 2.75) is 25.7 Å². The Morgan fingerprint density at radius 1 is 1.17 bits per heavy atom. The van der Waals surface area contributed by atoms with Crippen molar-refractivity contribution in [2.75, 3.05) is 40.3 Å². The number of hydrogen-bond donors (Lipinski definition) is 2. The van der Waals surface area contributed by atoms with E-state index in [9.17, 15) is 4.39 Å². The van der Waals surface area contributed by atoms with Gasteiger partial charge in [-0.1, -0.05) is 12.1 Å². The van der Waals surface area contributed by atoms with Crippen molar-refractivity contribution in [3.05, 3.63) is 35.6 Å². The van der Waals surface area contributed by atoms with Crippen LogP contribution in [0.4, 0.5) is 4.39 Å². The van der Waals surface area contributed by atoms with Gasteiger partial charge in [0.15, 0.2) is 5.96 Å². The van der Waals surface area contributed by atoms with Gasteiger partial charge in [-0.2, -0.15) is 0 Å². The zero-order chi connectivity index (χ0) is 16.5. The molecule has 0 aliphatic carbocycles. The van der Waals surface area contributed by atoms with Crippen molar-refractivity contribution in [1.82, 2.24) is 15.5 Å². The highest BCUT2D eigenvalue weighted by Gasteiger charge is 2.16. The maximum atomic E-state index is 12.9. The molecule has 0 bridgehead atoms. The largest absolute Gasteiger partial charge is 0.356 e. The molecular formula is C18H29FN4. The number of halogens is 1. The second-order valence-electron chi connectivity index (χ2n) is 6.34. The van der Waals surface area contributed by atoms with Crippen LogP contribution < -0.4 is 10.6 Å². The molecule has 1 aliphatic heterocycles. The van der Waals surface area contributed by atoms with Gasteiger partial charge < -0.3 is 15.5 Å². The molecule has 1 aromatic rings. The van der Waals surface area contributed by atoms with Crippen molar-refractivity contribution in [2.24, 2.45) is 10.9 Å². The lowest BCUT2D eigenvalue weighted by Crippen LogP contribution is -2.39. The normalized spacial score (nSPS) is 17.3. The summed E-state index contributed by atoms with van der Waals surface area (Å²) in [6, 6.07) is 6.66. The smallest absolute Gasteiger partial charge is 0.190 e. The Kier molecular flexibility index (Phi) is 7.33. The lowest BCUT2D eigenvalue weighted by molar-refractivity contribution is 0.213. The average molecular weight is 320 g/mol. The van der Waals surface area contributed by atoms with Gasteiger partial charge in [0.1, 0.15) is 5.82 Å². The molecule has 0 saturated carbocycles. The first-order chi connectivity index (χ1) is 11.2. The highest BCUT2D eigenvalue weighted by molar-refractivity contribution is 5.79. The predicted octanol–water partition coefficient (Wildman–Crippen LogP) is 2.27. The van der Waals surface area contributed by atoms with Gasteiger partial charge in [0.2, 0.25) is 0 Å². The van der Waals surface area contributed by atoms with Crippen molar-refractivity contribution < 1.29 is 4.39 Å². The van der Waals surface area contributed by atoms with Crippen LogP contribution in [0.5, 0.6) is 0 Å². The van der Waals surface area contributed by atoms with E-state index in [4.69, 9.17) is 0 Å². The molecule has 4 nitrogen and oxygen atoms in total. The van der Waals surface area contributed by atoms with E-state index >= 15 is 0 Å². The molecule has 0 unspecified atom stereocenters. The highest BCUT2D eigenvalue weighted by Crippen LogP contribution is 2.18. The zero-order valence-corrected chi connectivity index (χ0v) is 14.3. The second-order valence-corrected chi connectivity index (χ2v) is 6.34. The van der Waals surface area contributed by atoms with Crippen LogP contribution in [0.25, 0.3) is 0 Å². The number of aliphatic imine (C=N–C) groups is 1. The number of rotatable bonds is 6. The molecule has 1 saturated heterocycles. The number of nitrogens with zero attached hydrogens (tertiary/aromatic N) is 2. The molecule has 1 heterocycles. The Labute approximate surface area is 139 Å². The van der Waals surface area contributed by atoms with E-state index in [0.717, 1.165) is 37.0 Å². The number of likely N-dealkylation sites (tertiary alicyclic amines) is 1. The maximum Gasteiger partial charge on any atom is 0.190 e. The van der Waals surface area contributed by atoms with Gasteiger partial charge in [-0.3, -0.25) is 4.99 Å². The fraction of sp³-hybridized carbons (Fsp3) is 0.611. The molecule has 0 spiro atoms. The summed E-state index contributed by atoms with van der Waals surface area (Å²) >= 11 is 0. The minimum absolute atomic E-state index is 0.187. The van der Waals surface area contributed by atoms with E-state index < -0.39 is 0 Å². The van der Waals surface area contributed by atoms with Crippen LogP contribution >= 0.6 is 0 Å². The molecule has 0 amide bonds. The lowest BCUT2D eigenvalue weighted by Gasteiger charge is -2.29. The number of piperidine rings is 1. The third-order valence-corrected chi connectivity index (χ3v) is 4.53. The van der Waals surface area contributed by atoms with Crippen LogP contribution in [0, 0.1) is 11.7 Å². The second kappa shape index (κ2) is 9.50. The first-order valence-electron chi connectivity index (χ1n) is 8.55. The summed E-state index contributed by atoms with van der Waals surface area (Å²) in [6.45, 7) is 4.19. The van der Waals surface area contributed by atoms with Crippen LogP contribution in [0.15, 0.2) is 29.3 Å². The molecule has 0 radical (unpaired) electrons. The van der Waals surface area contributed by atoms with Gasteiger partial charge >= 0.3 is 0 Å². The summed E-state index contributed by atoms with van der Waals surface area (Å²) in [4.78, 5) is 6.66. The fourth-order valence-corrected chi connectivity index (χ4v) is 2.94. The molecule has 0 aromatic heterocycles. The summed E-state index contributed by atoms with van der Waals surface area (Å²) in [6.07, 6.45) is 4.66. The Morgan fingerprint density at radius 3 is 2.48 bits per heavy atom. The SMILES string of the molecule is CN=C(NCCc1ccc(F)cc1)NCCC1CCN(C)CC1. The van der Waals surface area contributed by atoms with E-state index in [-0.39, 0.29) is 5.82 Å². The molecule has 128 valence electrons. The molecule has 5 heteroatoms. The van der Waals surface area contributed by atoms with Crippen molar-refractivity contribution in [3.8, 4) is 0 Å². The quantitative estimate of drug-likeness (QED) is 0.624. The third kappa shape index (κ3) is 6.57. The van der Waals surface area contributed by atoms with Crippen LogP contribution in [-0.4, -0.2) is 51.1 Å². The molecule has 1 aliphatic rings. The number of nitrogens with one attached hydrogen (secondary N) is 2. The topological polar surface area (TPSA) is 39.7 Å². The van der Waals surface area contributed by atoms with Crippen LogP contribution in [0.2, 0.25) is 0 Å². The Hall–Kier alpha value is -1.62. The number of benzene rings is 1. The molecule has 2 rings (SSSR count). The minimum atomic E-state index is -0.187. The summed E-state index contributed by atoms with van der Waals surface area (Å²) in [5, 5.41) is 6.70. The summed E-state index contributed by atoms with van der Waals surface area (Å²) in [5.74, 6) is 1.49. The fourth-order valence-electron chi connectivity index (χ4n) is 2.94. The average Bonchev–Trinajstić information content (AvgIpc) is 2.57. The Bertz CT molecular complexity index is 478. The van der Waals surface area contributed by atoms with Crippen LogP contribution in [-0.2, 0) is 6.42 Å². The van der Waals surface area contributed by atoms with Gasteiger partial charge in [0.25, 0.3) is 0 Å². The standard InChI is InChI=1S/C18H29FN4/c1-20-18(21-11-7-15-3-5-17(19)6-4-15)22-12-8-16-9-13-23(2)14-10-16/h3-6,16H,7-14H2,1-2H3,(H2,20,21,22). The molecule has 23 heavy (non-hydrogen) atoms. The van der Waals surface area contributed by atoms with E-state index in [1.165, 1.54) is 44.5 Å². The molecule has 0 atom stereocenters. The lowest BCUT2D eigenvalue weighted by atomic mass is 9.94. The van der Waals surface area contributed by atoms with Crippen molar-refractivity contribution in [3.63, 3.8) is 0 Å². The van der Waals surface area contributed by atoms with Gasteiger partial charge in [0, 0.05) is 20.1 Å². The molecular weight excluding hydrogens is 291 g/mol. The maximum absolute atomic E-state index is 12.9. The predicted molar refractivity (Wildman–Crippen MR) is 94.3 cm³/mol. The van der Waals surface area contributed by atoms with E-state index in [2.05, 4.69) is 27.6 Å². The Balaban J connectivity index is 1.60. The molecule has 2 N–H and O–H groups in total. The van der Waals surface area contributed by atoms with E-state index in [0.29, 0.717) is 0 Å². The summed E-state index contributed by atoms with van der Waals surface area (Å²) < 4.78 is 12.9. The van der Waals surface area contributed by atoms with E-state index in [1.807, 2.05) is 12.1 Å². The first kappa shape index (κ1) is 17.7. The first-order valence-corrected chi connectivity index (χ1v) is 8.55. The monoisotopic (exact) mass is 320 g/mol. The van der Waals surface area contributed by atoms with Crippen LogP contribution in [0.1, 0.15) is 24.8 Å².